The third-order valence-electron chi connectivity index (χ3n) is 5.47. The van der Waals surface area contributed by atoms with Gasteiger partial charge in [0.05, 0.1) is 21.6 Å². The molecule has 13 heteroatoms. The Labute approximate surface area is 229 Å². The summed E-state index contributed by atoms with van der Waals surface area (Å²) in [5.74, 6) is -1.71. The normalized spacial score (nSPS) is 12.0. The Morgan fingerprint density at radius 1 is 1.15 bits per heavy atom. The number of anilines is 2. The summed E-state index contributed by atoms with van der Waals surface area (Å²) in [4.78, 5) is 54.7. The number of hydrogen-bond donors (Lipinski definition) is 6. The molecular weight excluding hydrogens is 528 g/mol. The summed E-state index contributed by atoms with van der Waals surface area (Å²) in [5.41, 5.74) is 6.50. The molecule has 39 heavy (non-hydrogen) atoms. The SMILES string of the molecule is CC(C)(C)OC(=O)NCCC[C@H](NC(=O)c1ccc(CNc2ccc3nc(N)[nH]c(=O)c3c2Cl)cc1)C(=O)O. The predicted molar refractivity (Wildman–Crippen MR) is 148 cm³/mol. The van der Waals surface area contributed by atoms with Crippen LogP contribution in [0.5, 0.6) is 0 Å². The number of carboxylic acid groups (broad SMARTS) is 1. The minimum atomic E-state index is -1.18. The fourth-order valence-electron chi connectivity index (χ4n) is 3.63. The first-order valence-electron chi connectivity index (χ1n) is 12.2. The number of rotatable bonds is 10. The van der Waals surface area contributed by atoms with Crippen molar-refractivity contribution in [2.75, 3.05) is 17.6 Å². The number of nitrogens with zero attached hydrogens (tertiary/aromatic N) is 1. The number of nitrogens with two attached hydrogens (primary N) is 1. The van der Waals surface area contributed by atoms with E-state index in [1.54, 1.807) is 57.2 Å². The van der Waals surface area contributed by atoms with Crippen LogP contribution in [0.15, 0.2) is 41.2 Å². The number of carbonyl (C=O) groups excluding carboxylic acids is 2. The van der Waals surface area contributed by atoms with Gasteiger partial charge < -0.3 is 31.5 Å². The van der Waals surface area contributed by atoms with E-state index in [0.29, 0.717) is 24.2 Å². The fourth-order valence-corrected chi connectivity index (χ4v) is 3.94. The van der Waals surface area contributed by atoms with Gasteiger partial charge in [0.2, 0.25) is 5.95 Å². The summed E-state index contributed by atoms with van der Waals surface area (Å²) >= 11 is 6.40. The second kappa shape index (κ2) is 12.5. The Balaban J connectivity index is 1.54. The molecule has 0 unspecified atom stereocenters. The Morgan fingerprint density at radius 3 is 2.49 bits per heavy atom. The second-order valence-electron chi connectivity index (χ2n) is 9.76. The number of aromatic nitrogens is 2. The highest BCUT2D eigenvalue weighted by Crippen LogP contribution is 2.28. The molecule has 0 fully saturated rings. The lowest BCUT2D eigenvalue weighted by Gasteiger charge is -2.20. The number of ether oxygens (including phenoxy) is 1. The van der Waals surface area contributed by atoms with Crippen LogP contribution in [0.1, 0.15) is 49.5 Å². The number of amides is 2. The van der Waals surface area contributed by atoms with Gasteiger partial charge in [0.1, 0.15) is 11.6 Å². The maximum atomic E-state index is 12.6. The third-order valence-corrected chi connectivity index (χ3v) is 5.86. The topological polar surface area (TPSA) is 189 Å². The molecule has 0 saturated heterocycles. The largest absolute Gasteiger partial charge is 0.480 e. The molecule has 0 saturated carbocycles. The number of nitrogens with one attached hydrogen (secondary N) is 4. The summed E-state index contributed by atoms with van der Waals surface area (Å²) in [5, 5.41) is 18.1. The number of aliphatic carboxylic acids is 1. The van der Waals surface area contributed by atoms with Crippen molar-refractivity contribution < 1.29 is 24.2 Å². The van der Waals surface area contributed by atoms with Gasteiger partial charge >= 0.3 is 12.1 Å². The van der Waals surface area contributed by atoms with Crippen LogP contribution in [0.4, 0.5) is 16.4 Å². The molecule has 2 amide bonds. The number of carboxylic acids is 1. The predicted octanol–water partition coefficient (Wildman–Crippen LogP) is 3.26. The lowest BCUT2D eigenvalue weighted by molar-refractivity contribution is -0.139. The molecule has 7 N–H and O–H groups in total. The minimum Gasteiger partial charge on any atom is -0.480 e. The van der Waals surface area contributed by atoms with Crippen molar-refractivity contribution in [1.82, 2.24) is 20.6 Å². The van der Waals surface area contributed by atoms with E-state index in [0.717, 1.165) is 5.56 Å². The number of carbonyl (C=O) groups is 3. The zero-order valence-electron chi connectivity index (χ0n) is 21.8. The van der Waals surface area contributed by atoms with E-state index < -0.39 is 35.2 Å². The zero-order chi connectivity index (χ0) is 28.7. The smallest absolute Gasteiger partial charge is 0.407 e. The number of halogens is 1. The van der Waals surface area contributed by atoms with E-state index >= 15 is 0 Å². The number of hydrogen-bond acceptors (Lipinski definition) is 8. The molecular formula is C26H31ClN6O6. The van der Waals surface area contributed by atoms with Crippen LogP contribution in [0.25, 0.3) is 10.9 Å². The zero-order valence-corrected chi connectivity index (χ0v) is 22.5. The number of H-pyrrole nitrogens is 1. The lowest BCUT2D eigenvalue weighted by atomic mass is 10.1. The highest BCUT2D eigenvalue weighted by molar-refractivity contribution is 6.38. The van der Waals surface area contributed by atoms with Gasteiger partial charge in [-0.25, -0.2) is 14.6 Å². The van der Waals surface area contributed by atoms with Crippen LogP contribution < -0.4 is 27.2 Å². The quantitative estimate of drug-likeness (QED) is 0.203. The maximum Gasteiger partial charge on any atom is 0.407 e. The van der Waals surface area contributed by atoms with Crippen LogP contribution in [0.3, 0.4) is 0 Å². The van der Waals surface area contributed by atoms with Crippen LogP contribution in [-0.2, 0) is 16.1 Å². The molecule has 0 aliphatic rings. The van der Waals surface area contributed by atoms with Gasteiger partial charge in [0.15, 0.2) is 0 Å². The van der Waals surface area contributed by atoms with E-state index in [1.807, 2.05) is 0 Å². The van der Waals surface area contributed by atoms with Crippen LogP contribution in [0.2, 0.25) is 5.02 Å². The molecule has 12 nitrogen and oxygen atoms in total. The van der Waals surface area contributed by atoms with Crippen LogP contribution in [0, 0.1) is 0 Å². The number of benzene rings is 2. The molecule has 1 atom stereocenters. The monoisotopic (exact) mass is 558 g/mol. The van der Waals surface area contributed by atoms with Crippen molar-refractivity contribution >= 4 is 52.1 Å². The lowest BCUT2D eigenvalue weighted by Crippen LogP contribution is -2.41. The van der Waals surface area contributed by atoms with Gasteiger partial charge in [-0.15, -0.1) is 0 Å². The second-order valence-corrected chi connectivity index (χ2v) is 10.1. The molecule has 1 heterocycles. The highest BCUT2D eigenvalue weighted by Gasteiger charge is 2.21. The van der Waals surface area contributed by atoms with Crippen molar-refractivity contribution in [2.24, 2.45) is 0 Å². The summed E-state index contributed by atoms with van der Waals surface area (Å²) in [6, 6.07) is 8.78. The molecule has 0 radical (unpaired) electrons. The van der Waals surface area contributed by atoms with Gasteiger partial charge in [0.25, 0.3) is 11.5 Å². The van der Waals surface area contributed by atoms with Gasteiger partial charge in [-0.05, 0) is 63.4 Å². The third kappa shape index (κ3) is 8.34. The van der Waals surface area contributed by atoms with Gasteiger partial charge in [-0.3, -0.25) is 14.6 Å². The molecule has 208 valence electrons. The summed E-state index contributed by atoms with van der Waals surface area (Å²) in [7, 11) is 0. The molecule has 0 aliphatic heterocycles. The van der Waals surface area contributed by atoms with Crippen molar-refractivity contribution in [3.05, 3.63) is 62.9 Å². The first-order chi connectivity index (χ1) is 18.3. The van der Waals surface area contributed by atoms with E-state index in [9.17, 15) is 24.3 Å². The Bertz CT molecular complexity index is 1420. The molecule has 3 aromatic rings. The molecule has 0 aliphatic carbocycles. The van der Waals surface area contributed by atoms with Gasteiger partial charge in [-0.1, -0.05) is 23.7 Å². The van der Waals surface area contributed by atoms with Crippen LogP contribution in [-0.4, -0.2) is 51.2 Å². The molecule has 0 bridgehead atoms. The summed E-state index contributed by atoms with van der Waals surface area (Å²) < 4.78 is 5.13. The van der Waals surface area contributed by atoms with E-state index in [1.165, 1.54) is 0 Å². The number of aromatic amines is 1. The first-order valence-corrected chi connectivity index (χ1v) is 12.5. The maximum absolute atomic E-state index is 12.6. The fraction of sp³-hybridized carbons (Fsp3) is 0.346. The highest BCUT2D eigenvalue weighted by atomic mass is 35.5. The minimum absolute atomic E-state index is 0.00159. The standard InChI is InChI=1S/C26H31ClN6O6/c1-26(2,3)39-25(38)29-12-4-5-18(23(36)37)31-21(34)15-8-6-14(7-9-15)13-30-17-11-10-16-19(20(17)27)22(35)33-24(28)32-16/h6-11,18,30H,4-5,12-13H2,1-3H3,(H,29,38)(H,31,34)(H,36,37)(H3,28,32,33,35)/t18-/m0/s1. The summed E-state index contributed by atoms with van der Waals surface area (Å²) in [6.45, 7) is 5.77. The average molecular weight is 559 g/mol. The average Bonchev–Trinajstić information content (AvgIpc) is 2.84. The molecule has 1 aromatic heterocycles. The molecule has 2 aromatic carbocycles. The van der Waals surface area contributed by atoms with Gasteiger partial charge in [0, 0.05) is 18.7 Å². The molecule has 0 spiro atoms. The van der Waals surface area contributed by atoms with Crippen LogP contribution >= 0.6 is 11.6 Å². The van der Waals surface area contributed by atoms with E-state index in [2.05, 4.69) is 25.9 Å². The van der Waals surface area contributed by atoms with Crippen molar-refractivity contribution in [3.8, 4) is 0 Å². The Hall–Kier alpha value is -4.32. The number of fused-ring (bicyclic) bond motifs is 1. The first kappa shape index (κ1) is 29.2. The van der Waals surface area contributed by atoms with Gasteiger partial charge in [-0.2, -0.15) is 0 Å². The van der Waals surface area contributed by atoms with Crippen molar-refractivity contribution in [2.45, 2.75) is 51.8 Å². The van der Waals surface area contributed by atoms with E-state index in [-0.39, 0.29) is 34.9 Å². The number of alkyl carbamates (subject to hydrolysis) is 1. The number of nitrogen functional groups attached to an aromatic ring is 1. The molecule has 3 rings (SSSR count). The Kier molecular flexibility index (Phi) is 9.36. The van der Waals surface area contributed by atoms with Crippen molar-refractivity contribution in [3.63, 3.8) is 0 Å². The Morgan fingerprint density at radius 2 is 1.85 bits per heavy atom. The van der Waals surface area contributed by atoms with E-state index in [4.69, 9.17) is 22.1 Å². The van der Waals surface area contributed by atoms with Crippen molar-refractivity contribution in [1.29, 1.82) is 0 Å². The summed E-state index contributed by atoms with van der Waals surface area (Å²) in [6.07, 6.45) is -0.142.